The Hall–Kier alpha value is -3.15. The number of ether oxygens (including phenoxy) is 1. The Kier molecular flexibility index (Phi) is 7.82. The summed E-state index contributed by atoms with van der Waals surface area (Å²) in [5.74, 6) is -0.244. The van der Waals surface area contributed by atoms with Gasteiger partial charge in [-0.15, -0.1) is 0 Å². The summed E-state index contributed by atoms with van der Waals surface area (Å²) in [6, 6.07) is 16.0. The molecule has 0 unspecified atom stereocenters. The third-order valence-corrected chi connectivity index (χ3v) is 5.09. The number of anilines is 1. The first-order chi connectivity index (χ1) is 14.9. The van der Waals surface area contributed by atoms with Gasteiger partial charge < -0.3 is 15.4 Å². The van der Waals surface area contributed by atoms with E-state index in [4.69, 9.17) is 4.74 Å². The van der Waals surface area contributed by atoms with Crippen LogP contribution in [0.25, 0.3) is 0 Å². The second kappa shape index (κ2) is 10.8. The van der Waals surface area contributed by atoms with Gasteiger partial charge in [0.25, 0.3) is 0 Å². The zero-order valence-electron chi connectivity index (χ0n) is 18.1. The predicted octanol–water partition coefficient (Wildman–Crippen LogP) is 3.85. The van der Waals surface area contributed by atoms with Crippen LogP contribution in [0.15, 0.2) is 54.6 Å². The molecule has 0 aliphatic heterocycles. The highest BCUT2D eigenvalue weighted by molar-refractivity contribution is 5.94. The van der Waals surface area contributed by atoms with E-state index in [-0.39, 0.29) is 36.7 Å². The fourth-order valence-electron chi connectivity index (χ4n) is 3.24. The van der Waals surface area contributed by atoms with Crippen molar-refractivity contribution >= 4 is 23.5 Å². The van der Waals surface area contributed by atoms with Crippen molar-refractivity contribution in [2.24, 2.45) is 11.8 Å². The molecule has 1 atom stereocenters. The van der Waals surface area contributed by atoms with Crippen LogP contribution < -0.4 is 10.6 Å². The van der Waals surface area contributed by atoms with Gasteiger partial charge >= 0.3 is 5.97 Å². The lowest BCUT2D eigenvalue weighted by Gasteiger charge is -2.19. The van der Waals surface area contributed by atoms with Gasteiger partial charge in [0, 0.05) is 11.6 Å². The van der Waals surface area contributed by atoms with E-state index in [0.29, 0.717) is 6.42 Å². The molecule has 0 spiro atoms. The lowest BCUT2D eigenvalue weighted by molar-refractivity contribution is -0.149. The van der Waals surface area contributed by atoms with Gasteiger partial charge in [-0.3, -0.25) is 9.59 Å². The SMILES string of the molecule is CC(C)C[C@H](NC(=O)Cc1ccc(NC(=O)C2CC2)cc1)C(=O)OCc1ccccc1. The summed E-state index contributed by atoms with van der Waals surface area (Å²) >= 11 is 0. The van der Waals surface area contributed by atoms with E-state index < -0.39 is 12.0 Å². The Morgan fingerprint density at radius 2 is 1.65 bits per heavy atom. The van der Waals surface area contributed by atoms with Crippen LogP contribution in [-0.2, 0) is 32.1 Å². The van der Waals surface area contributed by atoms with E-state index >= 15 is 0 Å². The van der Waals surface area contributed by atoms with Crippen LogP contribution in [0.5, 0.6) is 0 Å². The molecule has 0 saturated heterocycles. The molecule has 1 fully saturated rings. The maximum atomic E-state index is 12.6. The van der Waals surface area contributed by atoms with Gasteiger partial charge in [-0.05, 0) is 48.4 Å². The summed E-state index contributed by atoms with van der Waals surface area (Å²) in [5.41, 5.74) is 2.44. The molecule has 0 aromatic heterocycles. The topological polar surface area (TPSA) is 84.5 Å². The van der Waals surface area contributed by atoms with E-state index in [0.717, 1.165) is 29.7 Å². The third-order valence-electron chi connectivity index (χ3n) is 5.09. The molecular formula is C25H30N2O4. The van der Waals surface area contributed by atoms with Gasteiger partial charge in [0.05, 0.1) is 6.42 Å². The fourth-order valence-corrected chi connectivity index (χ4v) is 3.24. The molecule has 6 nitrogen and oxygen atoms in total. The standard InChI is InChI=1S/C25H30N2O4/c1-17(2)14-22(25(30)31-16-19-6-4-3-5-7-19)27-23(28)15-18-8-12-21(13-9-18)26-24(29)20-10-11-20/h3-9,12-13,17,20,22H,10-11,14-16H2,1-2H3,(H,26,29)(H,27,28)/t22-/m0/s1. The number of rotatable bonds is 10. The van der Waals surface area contributed by atoms with Crippen molar-refractivity contribution in [1.29, 1.82) is 0 Å². The highest BCUT2D eigenvalue weighted by Crippen LogP contribution is 2.30. The van der Waals surface area contributed by atoms with Crippen LogP contribution in [0, 0.1) is 11.8 Å². The molecule has 2 aromatic carbocycles. The number of carbonyl (C=O) groups is 3. The van der Waals surface area contributed by atoms with Gasteiger partial charge in [-0.25, -0.2) is 4.79 Å². The molecule has 1 saturated carbocycles. The normalized spacial score (nSPS) is 14.0. The summed E-state index contributed by atoms with van der Waals surface area (Å²) in [6.07, 6.45) is 2.56. The van der Waals surface area contributed by atoms with Crippen molar-refractivity contribution in [3.05, 3.63) is 65.7 Å². The first-order valence-corrected chi connectivity index (χ1v) is 10.8. The van der Waals surface area contributed by atoms with E-state index in [1.807, 2.05) is 56.3 Å². The molecule has 2 N–H and O–H groups in total. The number of amides is 2. The first-order valence-electron chi connectivity index (χ1n) is 10.8. The molecule has 2 aromatic rings. The number of hydrogen-bond acceptors (Lipinski definition) is 4. The quantitative estimate of drug-likeness (QED) is 0.570. The van der Waals surface area contributed by atoms with Crippen LogP contribution in [-0.4, -0.2) is 23.8 Å². The molecule has 6 heteroatoms. The molecule has 0 heterocycles. The molecular weight excluding hydrogens is 392 g/mol. The minimum Gasteiger partial charge on any atom is -0.459 e. The Bertz CT molecular complexity index is 889. The third kappa shape index (κ3) is 7.55. The average molecular weight is 423 g/mol. The molecule has 164 valence electrons. The average Bonchev–Trinajstić information content (AvgIpc) is 3.59. The van der Waals surface area contributed by atoms with Crippen molar-refractivity contribution in [2.75, 3.05) is 5.32 Å². The largest absolute Gasteiger partial charge is 0.459 e. The Balaban J connectivity index is 1.51. The first kappa shape index (κ1) is 22.5. The zero-order chi connectivity index (χ0) is 22.2. The lowest BCUT2D eigenvalue weighted by Crippen LogP contribution is -2.43. The van der Waals surface area contributed by atoms with E-state index in [9.17, 15) is 14.4 Å². The molecule has 2 amide bonds. The van der Waals surface area contributed by atoms with Gasteiger partial charge in [-0.2, -0.15) is 0 Å². The maximum Gasteiger partial charge on any atom is 0.328 e. The van der Waals surface area contributed by atoms with Crippen molar-refractivity contribution in [3.8, 4) is 0 Å². The summed E-state index contributed by atoms with van der Waals surface area (Å²) in [7, 11) is 0. The van der Waals surface area contributed by atoms with Crippen LogP contribution in [0.2, 0.25) is 0 Å². The number of hydrogen-bond donors (Lipinski definition) is 2. The molecule has 0 radical (unpaired) electrons. The fraction of sp³-hybridized carbons (Fsp3) is 0.400. The Morgan fingerprint density at radius 3 is 2.26 bits per heavy atom. The van der Waals surface area contributed by atoms with Crippen molar-refractivity contribution in [3.63, 3.8) is 0 Å². The van der Waals surface area contributed by atoms with Crippen LogP contribution in [0.4, 0.5) is 5.69 Å². The van der Waals surface area contributed by atoms with Crippen LogP contribution in [0.3, 0.4) is 0 Å². The molecule has 1 aliphatic carbocycles. The van der Waals surface area contributed by atoms with Gasteiger partial charge in [-0.1, -0.05) is 56.3 Å². The van der Waals surface area contributed by atoms with E-state index in [1.54, 1.807) is 12.1 Å². The smallest absolute Gasteiger partial charge is 0.328 e. The van der Waals surface area contributed by atoms with Crippen LogP contribution >= 0.6 is 0 Å². The summed E-state index contributed by atoms with van der Waals surface area (Å²) in [5, 5.41) is 5.70. The lowest BCUT2D eigenvalue weighted by atomic mass is 10.0. The summed E-state index contributed by atoms with van der Waals surface area (Å²) in [4.78, 5) is 37.0. The summed E-state index contributed by atoms with van der Waals surface area (Å²) in [6.45, 7) is 4.18. The van der Waals surface area contributed by atoms with Gasteiger partial charge in [0.2, 0.25) is 11.8 Å². The molecule has 3 rings (SSSR count). The van der Waals surface area contributed by atoms with Gasteiger partial charge in [0.1, 0.15) is 12.6 Å². The second-order valence-corrected chi connectivity index (χ2v) is 8.48. The maximum absolute atomic E-state index is 12.6. The zero-order valence-corrected chi connectivity index (χ0v) is 18.1. The van der Waals surface area contributed by atoms with E-state index in [2.05, 4.69) is 10.6 Å². The molecule has 1 aliphatic rings. The molecule has 0 bridgehead atoms. The van der Waals surface area contributed by atoms with Crippen molar-refractivity contribution in [1.82, 2.24) is 5.32 Å². The monoisotopic (exact) mass is 422 g/mol. The minimum absolute atomic E-state index is 0.0519. The van der Waals surface area contributed by atoms with E-state index in [1.165, 1.54) is 0 Å². The highest BCUT2D eigenvalue weighted by Gasteiger charge is 2.29. The number of esters is 1. The minimum atomic E-state index is -0.687. The predicted molar refractivity (Wildman–Crippen MR) is 119 cm³/mol. The Labute approximate surface area is 183 Å². The summed E-state index contributed by atoms with van der Waals surface area (Å²) < 4.78 is 5.43. The van der Waals surface area contributed by atoms with Crippen molar-refractivity contribution in [2.45, 2.75) is 52.2 Å². The molecule has 31 heavy (non-hydrogen) atoms. The van der Waals surface area contributed by atoms with Crippen molar-refractivity contribution < 1.29 is 19.1 Å². The second-order valence-electron chi connectivity index (χ2n) is 8.48. The van der Waals surface area contributed by atoms with Crippen LogP contribution in [0.1, 0.15) is 44.2 Å². The highest BCUT2D eigenvalue weighted by atomic mass is 16.5. The van der Waals surface area contributed by atoms with Gasteiger partial charge in [0.15, 0.2) is 0 Å². The number of carbonyl (C=O) groups excluding carboxylic acids is 3. The Morgan fingerprint density at radius 1 is 0.968 bits per heavy atom. The number of nitrogens with one attached hydrogen (secondary N) is 2. The number of benzene rings is 2.